The summed E-state index contributed by atoms with van der Waals surface area (Å²) < 4.78 is 0.986. The molecule has 0 unspecified atom stereocenters. The van der Waals surface area contributed by atoms with Gasteiger partial charge in [0.05, 0.1) is 0 Å². The molecule has 1 N–H and O–H groups in total. The lowest BCUT2D eigenvalue weighted by atomic mass is 10.0. The van der Waals surface area contributed by atoms with Gasteiger partial charge in [-0.15, -0.1) is 0 Å². The first-order valence-electron chi connectivity index (χ1n) is 7.75. The van der Waals surface area contributed by atoms with Crippen LogP contribution >= 0.6 is 15.9 Å². The number of fused-ring (bicyclic) bond motifs is 1. The van der Waals surface area contributed by atoms with Crippen LogP contribution in [0.3, 0.4) is 0 Å². The summed E-state index contributed by atoms with van der Waals surface area (Å²) in [5, 5.41) is 5.14. The third kappa shape index (κ3) is 4.02. The fourth-order valence-corrected chi connectivity index (χ4v) is 2.90. The lowest BCUT2D eigenvalue weighted by Crippen LogP contribution is -2.12. The topological polar surface area (TPSA) is 32.3 Å². The lowest BCUT2D eigenvalue weighted by Gasteiger charge is -2.11. The third-order valence-electron chi connectivity index (χ3n) is 3.77. The van der Waals surface area contributed by atoms with Crippen molar-refractivity contribution < 1.29 is 4.79 Å². The lowest BCUT2D eigenvalue weighted by molar-refractivity contribution is 0.102. The van der Waals surface area contributed by atoms with Gasteiger partial charge in [0.25, 0.3) is 5.91 Å². The summed E-state index contributed by atoms with van der Waals surface area (Å²) in [5.41, 5.74) is 2.70. The molecule has 0 aliphatic carbocycles. The second-order valence-electron chi connectivity index (χ2n) is 6.10. The highest BCUT2D eigenvalue weighted by atomic mass is 79.9. The molecule has 0 heterocycles. The number of anilines is 1. The summed E-state index contributed by atoms with van der Waals surface area (Å²) in [7, 11) is 4.11. The Labute approximate surface area is 150 Å². The van der Waals surface area contributed by atoms with Crippen LogP contribution in [-0.2, 0) is 6.54 Å². The minimum Gasteiger partial charge on any atom is -0.322 e. The minimum absolute atomic E-state index is 0.100. The number of hydrogen-bond acceptors (Lipinski definition) is 2. The Kier molecular flexibility index (Phi) is 4.97. The molecule has 1 amide bonds. The third-order valence-corrected chi connectivity index (χ3v) is 4.30. The Morgan fingerprint density at radius 2 is 1.62 bits per heavy atom. The second kappa shape index (κ2) is 7.16. The van der Waals surface area contributed by atoms with Crippen LogP contribution in [0, 0.1) is 0 Å². The summed E-state index contributed by atoms with van der Waals surface area (Å²) in [6.45, 7) is 0.905. The SMILES string of the molecule is CN(C)Cc1ccc2cc(C(=O)Nc3ccc(Br)cc3)ccc2c1. The zero-order chi connectivity index (χ0) is 17.1. The first-order chi connectivity index (χ1) is 11.5. The molecule has 0 spiro atoms. The predicted octanol–water partition coefficient (Wildman–Crippen LogP) is 4.92. The van der Waals surface area contributed by atoms with Crippen LogP contribution < -0.4 is 5.32 Å². The fraction of sp³-hybridized carbons (Fsp3) is 0.150. The van der Waals surface area contributed by atoms with Crippen molar-refractivity contribution in [3.8, 4) is 0 Å². The standard InChI is InChI=1S/C20H19BrN2O/c1-23(2)13-14-3-4-16-12-17(6-5-15(16)11-14)20(24)22-19-9-7-18(21)8-10-19/h3-12H,13H2,1-2H3,(H,22,24). The number of halogens is 1. The van der Waals surface area contributed by atoms with E-state index in [0.717, 1.165) is 27.5 Å². The summed E-state index contributed by atoms with van der Waals surface area (Å²) in [4.78, 5) is 14.6. The monoisotopic (exact) mass is 382 g/mol. The highest BCUT2D eigenvalue weighted by Gasteiger charge is 2.07. The van der Waals surface area contributed by atoms with Crippen LogP contribution in [0.1, 0.15) is 15.9 Å². The van der Waals surface area contributed by atoms with E-state index in [9.17, 15) is 4.79 Å². The normalized spacial score (nSPS) is 11.0. The number of carbonyl (C=O) groups is 1. The highest BCUT2D eigenvalue weighted by Crippen LogP contribution is 2.20. The number of benzene rings is 3. The Bertz CT molecular complexity index is 872. The Morgan fingerprint density at radius 3 is 2.33 bits per heavy atom. The molecule has 0 saturated carbocycles. The zero-order valence-corrected chi connectivity index (χ0v) is 15.3. The van der Waals surface area contributed by atoms with Gasteiger partial charge in [-0.25, -0.2) is 0 Å². The van der Waals surface area contributed by atoms with E-state index in [2.05, 4.69) is 58.4 Å². The second-order valence-corrected chi connectivity index (χ2v) is 7.01. The van der Waals surface area contributed by atoms with Crippen LogP contribution in [0.4, 0.5) is 5.69 Å². The van der Waals surface area contributed by atoms with Crippen molar-refractivity contribution in [2.24, 2.45) is 0 Å². The van der Waals surface area contributed by atoms with E-state index in [1.807, 2.05) is 42.5 Å². The van der Waals surface area contributed by atoms with Gasteiger partial charge < -0.3 is 10.2 Å². The van der Waals surface area contributed by atoms with Crippen molar-refractivity contribution in [3.63, 3.8) is 0 Å². The molecule has 3 rings (SSSR count). The molecule has 24 heavy (non-hydrogen) atoms. The van der Waals surface area contributed by atoms with Crippen LogP contribution in [0.5, 0.6) is 0 Å². The van der Waals surface area contributed by atoms with Crippen LogP contribution in [0.25, 0.3) is 10.8 Å². The first-order valence-corrected chi connectivity index (χ1v) is 8.55. The number of rotatable bonds is 4. The van der Waals surface area contributed by atoms with Crippen LogP contribution in [0.15, 0.2) is 65.1 Å². The highest BCUT2D eigenvalue weighted by molar-refractivity contribution is 9.10. The molecule has 122 valence electrons. The molecule has 0 saturated heterocycles. The van der Waals surface area contributed by atoms with Gasteiger partial charge in [0.1, 0.15) is 0 Å². The van der Waals surface area contributed by atoms with Crippen molar-refractivity contribution in [1.29, 1.82) is 0 Å². The molecule has 0 aliphatic heterocycles. The van der Waals surface area contributed by atoms with E-state index >= 15 is 0 Å². The first kappa shape index (κ1) is 16.7. The van der Waals surface area contributed by atoms with Gasteiger partial charge in [0, 0.05) is 22.3 Å². The van der Waals surface area contributed by atoms with Gasteiger partial charge in [-0.3, -0.25) is 4.79 Å². The number of nitrogens with zero attached hydrogens (tertiary/aromatic N) is 1. The van der Waals surface area contributed by atoms with Crippen molar-refractivity contribution in [1.82, 2.24) is 4.90 Å². The van der Waals surface area contributed by atoms with E-state index in [1.165, 1.54) is 5.56 Å². The maximum atomic E-state index is 12.4. The van der Waals surface area contributed by atoms with Crippen LogP contribution in [0.2, 0.25) is 0 Å². The van der Waals surface area contributed by atoms with E-state index < -0.39 is 0 Å². The van der Waals surface area contributed by atoms with Gasteiger partial charge in [-0.2, -0.15) is 0 Å². The van der Waals surface area contributed by atoms with E-state index in [1.54, 1.807) is 0 Å². The van der Waals surface area contributed by atoms with Crippen molar-refractivity contribution in [2.45, 2.75) is 6.54 Å². The van der Waals surface area contributed by atoms with Crippen LogP contribution in [-0.4, -0.2) is 24.9 Å². The van der Waals surface area contributed by atoms with E-state index in [-0.39, 0.29) is 5.91 Å². The van der Waals surface area contributed by atoms with Gasteiger partial charge >= 0.3 is 0 Å². The quantitative estimate of drug-likeness (QED) is 0.694. The Hall–Kier alpha value is -2.17. The number of carbonyl (C=O) groups excluding carboxylic acids is 1. The van der Waals surface area contributed by atoms with Crippen molar-refractivity contribution in [2.75, 3.05) is 19.4 Å². The summed E-state index contributed by atoms with van der Waals surface area (Å²) in [5.74, 6) is -0.100. The number of nitrogens with one attached hydrogen (secondary N) is 1. The summed E-state index contributed by atoms with van der Waals surface area (Å²) in [6, 6.07) is 19.7. The molecule has 0 atom stereocenters. The predicted molar refractivity (Wildman–Crippen MR) is 103 cm³/mol. The molecule has 0 aliphatic rings. The van der Waals surface area contributed by atoms with E-state index in [4.69, 9.17) is 0 Å². The van der Waals surface area contributed by atoms with Crippen molar-refractivity contribution >= 4 is 38.3 Å². The van der Waals surface area contributed by atoms with Gasteiger partial charge in [0.15, 0.2) is 0 Å². The maximum Gasteiger partial charge on any atom is 0.255 e. The molecule has 0 fully saturated rings. The molecule has 4 heteroatoms. The molecular formula is C20H19BrN2O. The average Bonchev–Trinajstić information content (AvgIpc) is 2.56. The minimum atomic E-state index is -0.100. The molecule has 3 nitrogen and oxygen atoms in total. The largest absolute Gasteiger partial charge is 0.322 e. The Morgan fingerprint density at radius 1 is 0.958 bits per heavy atom. The Balaban J connectivity index is 1.82. The summed E-state index contributed by atoms with van der Waals surface area (Å²) >= 11 is 3.39. The molecule has 0 bridgehead atoms. The van der Waals surface area contributed by atoms with Gasteiger partial charge in [-0.05, 0) is 72.9 Å². The molecule has 0 radical (unpaired) electrons. The average molecular weight is 383 g/mol. The molecule has 0 aromatic heterocycles. The molecule has 3 aromatic carbocycles. The maximum absolute atomic E-state index is 12.4. The van der Waals surface area contributed by atoms with Gasteiger partial charge in [0.2, 0.25) is 0 Å². The van der Waals surface area contributed by atoms with Crippen molar-refractivity contribution in [3.05, 3.63) is 76.3 Å². The fourth-order valence-electron chi connectivity index (χ4n) is 2.64. The number of hydrogen-bond donors (Lipinski definition) is 1. The molecule has 3 aromatic rings. The number of amides is 1. The zero-order valence-electron chi connectivity index (χ0n) is 13.7. The summed E-state index contributed by atoms with van der Waals surface area (Å²) in [6.07, 6.45) is 0. The van der Waals surface area contributed by atoms with Gasteiger partial charge in [-0.1, -0.05) is 34.1 Å². The smallest absolute Gasteiger partial charge is 0.255 e. The molecular weight excluding hydrogens is 364 g/mol. The van der Waals surface area contributed by atoms with E-state index in [0.29, 0.717) is 5.56 Å².